The van der Waals surface area contributed by atoms with Crippen LogP contribution in [0.3, 0.4) is 0 Å². The second-order valence-electron chi connectivity index (χ2n) is 7.91. The number of likely N-dealkylation sites (N-methyl/N-ethyl adjacent to an activating group) is 1. The summed E-state index contributed by atoms with van der Waals surface area (Å²) in [6, 6.07) is 4.43. The van der Waals surface area contributed by atoms with Crippen LogP contribution in [-0.4, -0.2) is 88.5 Å². The molecule has 1 aliphatic heterocycles. The molecule has 2 amide bonds. The maximum absolute atomic E-state index is 13.0. The van der Waals surface area contributed by atoms with Crippen LogP contribution >= 0.6 is 0 Å². The summed E-state index contributed by atoms with van der Waals surface area (Å²) in [5, 5.41) is 5.49. The SMILES string of the molecule is CCCNC(=O)CN(C)CC(=O)Nc1cc(S(=O)(=O)N2CCOCC2)ccc1OC(C)C. The summed E-state index contributed by atoms with van der Waals surface area (Å²) in [6.45, 7) is 7.50. The number of ether oxygens (including phenoxy) is 2. The number of nitrogens with one attached hydrogen (secondary N) is 2. The lowest BCUT2D eigenvalue weighted by molar-refractivity contribution is -0.122. The van der Waals surface area contributed by atoms with Gasteiger partial charge in [0.2, 0.25) is 21.8 Å². The van der Waals surface area contributed by atoms with Gasteiger partial charge in [-0.15, -0.1) is 0 Å². The number of sulfonamides is 1. The van der Waals surface area contributed by atoms with Crippen molar-refractivity contribution in [2.24, 2.45) is 0 Å². The van der Waals surface area contributed by atoms with E-state index < -0.39 is 10.0 Å². The first-order chi connectivity index (χ1) is 15.1. The number of hydrogen-bond donors (Lipinski definition) is 2. The Bertz CT molecular complexity index is 884. The average molecular weight is 471 g/mol. The van der Waals surface area contributed by atoms with Gasteiger partial charge in [0.05, 0.1) is 43.0 Å². The van der Waals surface area contributed by atoms with Gasteiger partial charge in [-0.25, -0.2) is 8.42 Å². The molecule has 0 atom stereocenters. The molecular formula is C21H34N4O6S. The Morgan fingerprint density at radius 2 is 1.84 bits per heavy atom. The van der Waals surface area contributed by atoms with Crippen LogP contribution in [0, 0.1) is 0 Å². The lowest BCUT2D eigenvalue weighted by atomic mass is 10.2. The van der Waals surface area contributed by atoms with Crippen molar-refractivity contribution in [3.8, 4) is 5.75 Å². The van der Waals surface area contributed by atoms with Crippen molar-refractivity contribution in [2.45, 2.75) is 38.2 Å². The molecule has 0 aromatic heterocycles. The zero-order chi connectivity index (χ0) is 23.7. The highest BCUT2D eigenvalue weighted by molar-refractivity contribution is 7.89. The predicted octanol–water partition coefficient (Wildman–Crippen LogP) is 0.891. The van der Waals surface area contributed by atoms with Crippen molar-refractivity contribution in [3.05, 3.63) is 18.2 Å². The third-order valence-corrected chi connectivity index (χ3v) is 6.49. The molecule has 1 saturated heterocycles. The van der Waals surface area contributed by atoms with Gasteiger partial charge in [0, 0.05) is 19.6 Å². The fraction of sp³-hybridized carbons (Fsp3) is 0.619. The van der Waals surface area contributed by atoms with E-state index in [4.69, 9.17) is 9.47 Å². The Labute approximate surface area is 190 Å². The normalized spacial score (nSPS) is 15.1. The summed E-state index contributed by atoms with van der Waals surface area (Å²) < 4.78 is 38.4. The zero-order valence-corrected chi connectivity index (χ0v) is 20.0. The molecule has 0 bridgehead atoms. The van der Waals surface area contributed by atoms with E-state index in [-0.39, 0.29) is 54.7 Å². The van der Waals surface area contributed by atoms with Gasteiger partial charge in [-0.2, -0.15) is 4.31 Å². The largest absolute Gasteiger partial charge is 0.489 e. The Morgan fingerprint density at radius 3 is 2.47 bits per heavy atom. The Morgan fingerprint density at radius 1 is 1.19 bits per heavy atom. The molecule has 0 saturated carbocycles. The molecule has 180 valence electrons. The van der Waals surface area contributed by atoms with Gasteiger partial charge >= 0.3 is 0 Å². The van der Waals surface area contributed by atoms with Crippen LogP contribution in [0.4, 0.5) is 5.69 Å². The number of carbonyl (C=O) groups excluding carboxylic acids is 2. The monoisotopic (exact) mass is 470 g/mol. The summed E-state index contributed by atoms with van der Waals surface area (Å²) in [6.07, 6.45) is 0.662. The van der Waals surface area contributed by atoms with Crippen LogP contribution in [0.2, 0.25) is 0 Å². The molecule has 2 N–H and O–H groups in total. The van der Waals surface area contributed by atoms with Gasteiger partial charge in [-0.05, 0) is 45.5 Å². The van der Waals surface area contributed by atoms with Crippen LogP contribution in [0.5, 0.6) is 5.75 Å². The minimum Gasteiger partial charge on any atom is -0.489 e. The lowest BCUT2D eigenvalue weighted by Crippen LogP contribution is -2.40. The van der Waals surface area contributed by atoms with Crippen molar-refractivity contribution in [3.63, 3.8) is 0 Å². The van der Waals surface area contributed by atoms with Crippen LogP contribution < -0.4 is 15.4 Å². The fourth-order valence-corrected chi connectivity index (χ4v) is 4.55. The topological polar surface area (TPSA) is 117 Å². The van der Waals surface area contributed by atoms with E-state index in [0.29, 0.717) is 25.5 Å². The molecule has 1 heterocycles. The second kappa shape index (κ2) is 12.1. The number of benzene rings is 1. The summed E-state index contributed by atoms with van der Waals surface area (Å²) >= 11 is 0. The van der Waals surface area contributed by atoms with E-state index in [1.165, 1.54) is 16.4 Å². The van der Waals surface area contributed by atoms with Crippen molar-refractivity contribution in [2.75, 3.05) is 58.3 Å². The van der Waals surface area contributed by atoms with Crippen molar-refractivity contribution < 1.29 is 27.5 Å². The molecule has 1 aromatic rings. The third kappa shape index (κ3) is 7.73. The Kier molecular flexibility index (Phi) is 9.88. The second-order valence-corrected chi connectivity index (χ2v) is 9.85. The molecule has 0 radical (unpaired) electrons. The number of rotatable bonds is 11. The summed E-state index contributed by atoms with van der Waals surface area (Å²) in [4.78, 5) is 26.1. The Hall–Kier alpha value is -2.21. The van der Waals surface area contributed by atoms with Gasteiger partial charge in [0.1, 0.15) is 5.75 Å². The molecule has 1 aliphatic rings. The highest BCUT2D eigenvalue weighted by Gasteiger charge is 2.27. The molecule has 11 heteroatoms. The van der Waals surface area contributed by atoms with Crippen LogP contribution in [0.15, 0.2) is 23.1 Å². The number of morpholine rings is 1. The quantitative estimate of drug-likeness (QED) is 0.493. The van der Waals surface area contributed by atoms with Crippen molar-refractivity contribution in [1.82, 2.24) is 14.5 Å². The van der Waals surface area contributed by atoms with E-state index in [9.17, 15) is 18.0 Å². The highest BCUT2D eigenvalue weighted by Crippen LogP contribution is 2.30. The smallest absolute Gasteiger partial charge is 0.243 e. The van der Waals surface area contributed by atoms with Gasteiger partial charge in [0.25, 0.3) is 0 Å². The molecule has 2 rings (SSSR count). The van der Waals surface area contributed by atoms with Gasteiger partial charge in [-0.3, -0.25) is 14.5 Å². The van der Waals surface area contributed by atoms with E-state index >= 15 is 0 Å². The standard InChI is InChI=1S/C21H34N4O6S/c1-5-8-22-20(26)14-24(4)15-21(27)23-18-13-17(6-7-19(18)31-16(2)3)32(28,29)25-9-11-30-12-10-25/h6-7,13,16H,5,8-12,14-15H2,1-4H3,(H,22,26)(H,23,27). The summed E-state index contributed by atoms with van der Waals surface area (Å²) in [5.74, 6) is -0.174. The number of amides is 2. The van der Waals surface area contributed by atoms with Gasteiger partial charge < -0.3 is 20.1 Å². The lowest BCUT2D eigenvalue weighted by Gasteiger charge is -2.26. The fourth-order valence-electron chi connectivity index (χ4n) is 3.12. The molecule has 10 nitrogen and oxygen atoms in total. The maximum atomic E-state index is 13.0. The van der Waals surface area contributed by atoms with E-state index in [1.54, 1.807) is 18.0 Å². The molecule has 1 fully saturated rings. The molecule has 0 spiro atoms. The van der Waals surface area contributed by atoms with E-state index in [0.717, 1.165) is 6.42 Å². The van der Waals surface area contributed by atoms with Crippen molar-refractivity contribution >= 4 is 27.5 Å². The molecule has 32 heavy (non-hydrogen) atoms. The average Bonchev–Trinajstić information content (AvgIpc) is 2.73. The predicted molar refractivity (Wildman–Crippen MR) is 121 cm³/mol. The van der Waals surface area contributed by atoms with Gasteiger partial charge in [0.15, 0.2) is 0 Å². The van der Waals surface area contributed by atoms with E-state index in [1.807, 2.05) is 20.8 Å². The number of nitrogens with zero attached hydrogens (tertiary/aromatic N) is 2. The third-order valence-electron chi connectivity index (χ3n) is 4.59. The number of carbonyl (C=O) groups is 2. The first-order valence-electron chi connectivity index (χ1n) is 10.8. The highest BCUT2D eigenvalue weighted by atomic mass is 32.2. The maximum Gasteiger partial charge on any atom is 0.243 e. The molecule has 0 aliphatic carbocycles. The molecule has 1 aromatic carbocycles. The van der Waals surface area contributed by atoms with Crippen LogP contribution in [-0.2, 0) is 24.3 Å². The summed E-state index contributed by atoms with van der Waals surface area (Å²) in [5.41, 5.74) is 0.266. The zero-order valence-electron chi connectivity index (χ0n) is 19.2. The number of anilines is 1. The number of hydrogen-bond acceptors (Lipinski definition) is 7. The minimum atomic E-state index is -3.73. The van der Waals surface area contributed by atoms with Crippen molar-refractivity contribution in [1.29, 1.82) is 0 Å². The first-order valence-corrected chi connectivity index (χ1v) is 12.2. The molecular weight excluding hydrogens is 436 g/mol. The van der Waals surface area contributed by atoms with Crippen LogP contribution in [0.1, 0.15) is 27.2 Å². The summed E-state index contributed by atoms with van der Waals surface area (Å²) in [7, 11) is -2.07. The minimum absolute atomic E-state index is 0.0406. The van der Waals surface area contributed by atoms with E-state index in [2.05, 4.69) is 10.6 Å². The molecule has 0 unspecified atom stereocenters. The first kappa shape index (κ1) is 26.0. The van der Waals surface area contributed by atoms with Gasteiger partial charge in [-0.1, -0.05) is 6.92 Å². The van der Waals surface area contributed by atoms with Crippen LogP contribution in [0.25, 0.3) is 0 Å². The Balaban J connectivity index is 2.15.